The van der Waals surface area contributed by atoms with Crippen LogP contribution in [0, 0.1) is 5.41 Å². The average molecular weight is 899 g/mol. The third-order valence-corrected chi connectivity index (χ3v) is 7.09. The first-order valence-electron chi connectivity index (χ1n) is 17.7. The zero-order valence-corrected chi connectivity index (χ0v) is 34.7. The first-order valence-corrected chi connectivity index (χ1v) is 17.7. The molecule has 1 aliphatic heterocycles. The third kappa shape index (κ3) is 24.7. The van der Waals surface area contributed by atoms with E-state index in [1.165, 1.54) is 0 Å². The summed E-state index contributed by atoms with van der Waals surface area (Å²) >= 11 is 0. The number of carbonyl (C=O) groups is 2. The van der Waals surface area contributed by atoms with Crippen molar-refractivity contribution in [2.45, 2.75) is 19.3 Å². The molecule has 0 aliphatic carbocycles. The molecular formula is C38H53ClF6N8O8. The van der Waals surface area contributed by atoms with E-state index in [-0.39, 0.29) is 18.3 Å². The molecule has 1 aliphatic rings. The minimum absolute atomic E-state index is 0. The fraction of sp³-hybridized carbons (Fsp3) is 0.395. The van der Waals surface area contributed by atoms with Crippen LogP contribution in [0.2, 0.25) is 0 Å². The Morgan fingerprint density at radius 2 is 1.18 bits per heavy atom. The lowest BCUT2D eigenvalue weighted by Gasteiger charge is -2.19. The van der Waals surface area contributed by atoms with Gasteiger partial charge in [0.05, 0.1) is 41.0 Å². The zero-order chi connectivity index (χ0) is 45.7. The number of ether oxygens (including phenoxy) is 4. The summed E-state index contributed by atoms with van der Waals surface area (Å²) in [6, 6.07) is 22.8. The molecule has 3 aromatic carbocycles. The van der Waals surface area contributed by atoms with Crippen LogP contribution in [0.5, 0.6) is 17.2 Å². The molecule has 0 unspecified atom stereocenters. The Bertz CT molecular complexity index is 1720. The number of alkyl halides is 6. The molecule has 1 heterocycles. The van der Waals surface area contributed by atoms with Crippen LogP contribution < -0.4 is 36.7 Å². The van der Waals surface area contributed by atoms with E-state index in [0.29, 0.717) is 32.1 Å². The number of carboxylic acids is 2. The number of nitrogens with one attached hydrogen (secondary N) is 2. The van der Waals surface area contributed by atoms with Gasteiger partial charge in [0.2, 0.25) is 5.90 Å². The SMILES string of the molecule is CCOC(=N)c1ccc(OC)cc1.COc1ccc(C(N)=NCCN2CCN=C2c2ccc(OC)cc2)cc1.Cl.NCCNCCN.O=C(O)C(F)(F)F.O=C(O)C(F)(F)F. The van der Waals surface area contributed by atoms with Crippen molar-refractivity contribution >= 4 is 41.9 Å². The van der Waals surface area contributed by atoms with Gasteiger partial charge in [-0.15, -0.1) is 12.4 Å². The highest BCUT2D eigenvalue weighted by Crippen LogP contribution is 2.17. The Morgan fingerprint density at radius 3 is 1.54 bits per heavy atom. The van der Waals surface area contributed by atoms with E-state index in [4.69, 9.17) is 61.4 Å². The van der Waals surface area contributed by atoms with Crippen molar-refractivity contribution in [2.75, 3.05) is 80.3 Å². The van der Waals surface area contributed by atoms with E-state index < -0.39 is 24.3 Å². The van der Waals surface area contributed by atoms with Crippen LogP contribution in [0.15, 0.2) is 82.8 Å². The Kier molecular flexibility index (Phi) is 29.2. The van der Waals surface area contributed by atoms with Gasteiger partial charge in [-0.25, -0.2) is 9.59 Å². The van der Waals surface area contributed by atoms with Crippen molar-refractivity contribution in [1.82, 2.24) is 10.2 Å². The maximum Gasteiger partial charge on any atom is 0.490 e. The zero-order valence-electron chi connectivity index (χ0n) is 33.9. The van der Waals surface area contributed by atoms with Crippen LogP contribution in [-0.4, -0.2) is 137 Å². The number of aliphatic imine (C=N–C) groups is 2. The molecule has 0 atom stereocenters. The largest absolute Gasteiger partial charge is 0.497 e. The third-order valence-electron chi connectivity index (χ3n) is 7.09. The van der Waals surface area contributed by atoms with Crippen LogP contribution in [0.25, 0.3) is 0 Å². The lowest BCUT2D eigenvalue weighted by atomic mass is 10.2. The predicted molar refractivity (Wildman–Crippen MR) is 222 cm³/mol. The highest BCUT2D eigenvalue weighted by Gasteiger charge is 2.38. The van der Waals surface area contributed by atoms with Crippen molar-refractivity contribution in [3.05, 3.63) is 89.5 Å². The number of aliphatic carboxylic acids is 2. The summed E-state index contributed by atoms with van der Waals surface area (Å²) in [6.07, 6.45) is -10.2. The van der Waals surface area contributed by atoms with Gasteiger partial charge in [-0.2, -0.15) is 26.3 Å². The van der Waals surface area contributed by atoms with Crippen LogP contribution in [-0.2, 0) is 14.3 Å². The smallest absolute Gasteiger partial charge is 0.490 e. The minimum Gasteiger partial charge on any atom is -0.497 e. The Balaban J connectivity index is 0. The maximum atomic E-state index is 10.6. The lowest BCUT2D eigenvalue weighted by molar-refractivity contribution is -0.193. The predicted octanol–water partition coefficient (Wildman–Crippen LogP) is 4.41. The second-order valence-electron chi connectivity index (χ2n) is 11.3. The van der Waals surface area contributed by atoms with Gasteiger partial charge in [0.15, 0.2) is 0 Å². The Labute approximate surface area is 355 Å². The topological polar surface area (TPSA) is 253 Å². The molecule has 61 heavy (non-hydrogen) atoms. The van der Waals surface area contributed by atoms with Crippen molar-refractivity contribution in [3.63, 3.8) is 0 Å². The van der Waals surface area contributed by atoms with Gasteiger partial charge < -0.3 is 56.6 Å². The van der Waals surface area contributed by atoms with Crippen LogP contribution in [0.4, 0.5) is 26.3 Å². The monoisotopic (exact) mass is 898 g/mol. The first-order chi connectivity index (χ1) is 28.3. The normalized spacial score (nSPS) is 11.8. The molecule has 3 aromatic rings. The van der Waals surface area contributed by atoms with Gasteiger partial charge in [0, 0.05) is 56.0 Å². The molecule has 16 nitrogen and oxygen atoms in total. The molecule has 0 saturated heterocycles. The molecule has 0 aromatic heterocycles. The number of nitrogens with two attached hydrogens (primary N) is 3. The molecular weight excluding hydrogens is 846 g/mol. The van der Waals surface area contributed by atoms with E-state index in [9.17, 15) is 26.3 Å². The van der Waals surface area contributed by atoms with Crippen LogP contribution in [0.3, 0.4) is 0 Å². The summed E-state index contributed by atoms with van der Waals surface area (Å²) in [5.74, 6) is -1.34. The summed E-state index contributed by atoms with van der Waals surface area (Å²) < 4.78 is 83.9. The van der Waals surface area contributed by atoms with E-state index in [0.717, 1.165) is 72.5 Å². The molecule has 0 bridgehead atoms. The van der Waals surface area contributed by atoms with Gasteiger partial charge in [-0.1, -0.05) is 0 Å². The van der Waals surface area contributed by atoms with E-state index >= 15 is 0 Å². The van der Waals surface area contributed by atoms with E-state index in [1.807, 2.05) is 67.6 Å². The molecule has 0 saturated carbocycles. The van der Waals surface area contributed by atoms with Gasteiger partial charge in [-0.3, -0.25) is 15.4 Å². The lowest BCUT2D eigenvalue weighted by Crippen LogP contribution is -2.31. The van der Waals surface area contributed by atoms with Crippen LogP contribution >= 0.6 is 12.4 Å². The fourth-order valence-electron chi connectivity index (χ4n) is 4.16. The van der Waals surface area contributed by atoms with Crippen molar-refractivity contribution in [1.29, 1.82) is 5.41 Å². The Hall–Kier alpha value is -5.84. The van der Waals surface area contributed by atoms with Gasteiger partial charge in [-0.05, 0) is 79.7 Å². The number of nitrogens with zero attached hydrogens (tertiary/aromatic N) is 3. The molecule has 342 valence electrons. The summed E-state index contributed by atoms with van der Waals surface area (Å²) in [5, 5.41) is 24.8. The van der Waals surface area contributed by atoms with Crippen molar-refractivity contribution in [2.24, 2.45) is 27.2 Å². The molecule has 4 rings (SSSR count). The molecule has 0 fully saturated rings. The van der Waals surface area contributed by atoms with Crippen molar-refractivity contribution in [3.8, 4) is 17.2 Å². The maximum absolute atomic E-state index is 10.6. The molecule has 0 spiro atoms. The average Bonchev–Trinajstić information content (AvgIpc) is 3.70. The number of halogens is 7. The van der Waals surface area contributed by atoms with E-state index in [1.54, 1.807) is 33.5 Å². The Morgan fingerprint density at radius 1 is 0.787 bits per heavy atom. The quantitative estimate of drug-likeness (QED) is 0.0513. The van der Waals surface area contributed by atoms with E-state index in [2.05, 4.69) is 20.2 Å². The summed E-state index contributed by atoms with van der Waals surface area (Å²) in [7, 11) is 4.92. The van der Waals surface area contributed by atoms with Gasteiger partial charge in [0.1, 0.15) is 28.9 Å². The fourth-order valence-corrected chi connectivity index (χ4v) is 4.16. The second kappa shape index (κ2) is 31.1. The first kappa shape index (κ1) is 57.3. The number of methoxy groups -OCH3 is 3. The van der Waals surface area contributed by atoms with Crippen LogP contribution in [0.1, 0.15) is 23.6 Å². The number of carboxylic acid groups (broad SMARTS) is 2. The molecule has 0 radical (unpaired) electrons. The summed E-state index contributed by atoms with van der Waals surface area (Å²) in [4.78, 5) is 29.2. The number of hydrogen-bond donors (Lipinski definition) is 7. The number of benzene rings is 3. The summed E-state index contributed by atoms with van der Waals surface area (Å²) in [6.45, 7) is 8.62. The summed E-state index contributed by atoms with van der Waals surface area (Å²) in [5.41, 5.74) is 19.2. The highest BCUT2D eigenvalue weighted by molar-refractivity contribution is 6.00. The number of rotatable bonds is 14. The van der Waals surface area contributed by atoms with Gasteiger partial charge in [0.25, 0.3) is 0 Å². The highest BCUT2D eigenvalue weighted by atomic mass is 35.5. The van der Waals surface area contributed by atoms with Gasteiger partial charge >= 0.3 is 24.3 Å². The second-order valence-corrected chi connectivity index (χ2v) is 11.3. The molecule has 0 amide bonds. The molecule has 10 N–H and O–H groups in total. The minimum atomic E-state index is -5.08. The standard InChI is InChI=1S/C20H24N4O2.C10H13NO2.C4H13N3.2C2HF3O2.ClH/c1-25-17-7-3-15(4-8-17)19(21)22-11-13-24-14-12-23-20(24)16-5-9-18(26-2)10-6-16;1-3-13-10(11)8-4-6-9(12-2)7-5-8;5-1-3-7-4-2-6;2*3-2(4,5)1(6)7;/h3-10H,11-14H2,1-2H3,(H2,21,22);4-7,11H,3H2,1-2H3;7H,1-6H2;2*(H,6,7);1H. The van der Waals surface area contributed by atoms with Crippen molar-refractivity contribution < 1.29 is 65.1 Å². The number of amidine groups is 2. The number of hydrogen-bond acceptors (Lipinski definition) is 13. The molecule has 23 heteroatoms.